The van der Waals surface area contributed by atoms with Gasteiger partial charge >= 0.3 is 0 Å². The maximum absolute atomic E-state index is 9.69. The van der Waals surface area contributed by atoms with E-state index in [1.54, 1.807) is 13.0 Å². The summed E-state index contributed by atoms with van der Waals surface area (Å²) in [5.74, 6) is 0.0734. The molecule has 0 aromatic heterocycles. The molecule has 0 fully saturated rings. The Balaban J connectivity index is 0.00000225. The molecule has 0 aliphatic heterocycles. The van der Waals surface area contributed by atoms with Crippen LogP contribution in [0.15, 0.2) is 19.5 Å². The number of rotatable bonds is 2. The number of aromatic hydroxyl groups is 1. The lowest BCUT2D eigenvalue weighted by atomic mass is 10.0. The van der Waals surface area contributed by atoms with Crippen molar-refractivity contribution in [2.75, 3.05) is 0 Å². The number of phenols is 1. The first-order valence-corrected chi connectivity index (χ1v) is 6.54. The smallest absolute Gasteiger partial charge is 0.144 e. The molecule has 3 nitrogen and oxygen atoms in total. The first-order valence-electron chi connectivity index (χ1n) is 4.16. The topological polar surface area (TPSA) is 66.5 Å². The van der Waals surface area contributed by atoms with Crippen molar-refractivity contribution in [2.24, 2.45) is 5.73 Å². The van der Waals surface area contributed by atoms with Crippen LogP contribution in [0, 0.1) is 0 Å². The fraction of sp³-hybridized carbons (Fsp3) is 0.333. The summed E-state index contributed by atoms with van der Waals surface area (Å²) in [5, 5.41) is 19.1. The first kappa shape index (κ1) is 16.7. The number of nitrogens with two attached hydrogens (primary N) is 1. The van der Waals surface area contributed by atoms with Gasteiger partial charge in [0.05, 0.1) is 21.1 Å². The maximum Gasteiger partial charge on any atom is 0.144 e. The van der Waals surface area contributed by atoms with Crippen LogP contribution in [0.4, 0.5) is 0 Å². The second-order valence-corrected chi connectivity index (χ2v) is 5.68. The number of halogens is 4. The summed E-state index contributed by atoms with van der Waals surface area (Å²) in [7, 11) is 0. The minimum Gasteiger partial charge on any atom is -0.506 e. The summed E-state index contributed by atoms with van der Waals surface area (Å²) in [6.45, 7) is 1.60. The van der Waals surface area contributed by atoms with Gasteiger partial charge in [-0.05, 0) is 44.8 Å². The van der Waals surface area contributed by atoms with Crippen molar-refractivity contribution in [2.45, 2.75) is 19.1 Å². The Kier molecular flexibility index (Phi) is 6.84. The average molecular weight is 440 g/mol. The highest BCUT2D eigenvalue weighted by molar-refractivity contribution is 9.11. The van der Waals surface area contributed by atoms with E-state index >= 15 is 0 Å². The molecule has 0 aliphatic rings. The van der Waals surface area contributed by atoms with E-state index in [2.05, 4.69) is 47.8 Å². The van der Waals surface area contributed by atoms with E-state index in [1.807, 2.05) is 0 Å². The molecule has 7 heteroatoms. The van der Waals surface area contributed by atoms with Crippen LogP contribution < -0.4 is 5.73 Å². The van der Waals surface area contributed by atoms with E-state index < -0.39 is 12.1 Å². The third-order valence-corrected chi connectivity index (χ3v) is 4.10. The van der Waals surface area contributed by atoms with E-state index in [-0.39, 0.29) is 18.2 Å². The number of hydrogen-bond acceptors (Lipinski definition) is 3. The molecular formula is C9H11Br3ClNO2. The number of hydrogen-bond donors (Lipinski definition) is 3. The van der Waals surface area contributed by atoms with Crippen LogP contribution in [-0.2, 0) is 0 Å². The fourth-order valence-electron chi connectivity index (χ4n) is 1.14. The molecule has 0 radical (unpaired) electrons. The number of aliphatic hydroxyl groups is 1. The lowest BCUT2D eigenvalue weighted by molar-refractivity contribution is 0.163. The van der Waals surface area contributed by atoms with Crippen molar-refractivity contribution in [1.29, 1.82) is 0 Å². The minimum atomic E-state index is -0.696. The van der Waals surface area contributed by atoms with Crippen LogP contribution >= 0.6 is 60.2 Å². The molecule has 92 valence electrons. The second kappa shape index (κ2) is 6.56. The Morgan fingerprint density at radius 2 is 1.75 bits per heavy atom. The molecule has 0 spiro atoms. The molecule has 1 aromatic rings. The number of benzene rings is 1. The van der Waals surface area contributed by atoms with Crippen LogP contribution in [0.1, 0.15) is 18.5 Å². The summed E-state index contributed by atoms with van der Waals surface area (Å²) < 4.78 is 1.77. The van der Waals surface area contributed by atoms with Crippen molar-refractivity contribution < 1.29 is 10.2 Å². The Bertz CT molecular complexity index is 388. The summed E-state index contributed by atoms with van der Waals surface area (Å²) in [6.07, 6.45) is -0.696. The van der Waals surface area contributed by atoms with Gasteiger partial charge in [0.1, 0.15) is 5.75 Å². The van der Waals surface area contributed by atoms with Gasteiger partial charge in [0.15, 0.2) is 0 Å². The Morgan fingerprint density at radius 1 is 1.25 bits per heavy atom. The lowest BCUT2D eigenvalue weighted by Gasteiger charge is -2.19. The van der Waals surface area contributed by atoms with Gasteiger partial charge in [-0.3, -0.25) is 0 Å². The highest BCUT2D eigenvalue weighted by atomic mass is 79.9. The van der Waals surface area contributed by atoms with Gasteiger partial charge in [-0.2, -0.15) is 0 Å². The zero-order valence-corrected chi connectivity index (χ0v) is 13.8. The average Bonchev–Trinajstić information content (AvgIpc) is 2.14. The molecule has 1 aromatic carbocycles. The molecule has 0 saturated heterocycles. The molecular weight excluding hydrogens is 429 g/mol. The number of aliphatic hydroxyl groups excluding tert-OH is 1. The molecule has 0 unspecified atom stereocenters. The van der Waals surface area contributed by atoms with E-state index in [4.69, 9.17) is 5.73 Å². The molecule has 4 N–H and O–H groups in total. The molecule has 0 saturated carbocycles. The maximum atomic E-state index is 9.69. The number of phenolic OH excluding ortho intramolecular Hbond substituents is 1. The monoisotopic (exact) mass is 437 g/mol. The minimum absolute atomic E-state index is 0. The fourth-order valence-corrected chi connectivity index (χ4v) is 3.79. The van der Waals surface area contributed by atoms with Crippen molar-refractivity contribution in [1.82, 2.24) is 0 Å². The highest BCUT2D eigenvalue weighted by Gasteiger charge is 2.21. The predicted molar refractivity (Wildman–Crippen MR) is 77.1 cm³/mol. The van der Waals surface area contributed by atoms with E-state index in [9.17, 15) is 10.2 Å². The van der Waals surface area contributed by atoms with Gasteiger partial charge in [0.2, 0.25) is 0 Å². The molecule has 0 amide bonds. The molecule has 0 heterocycles. The molecule has 0 bridgehead atoms. The van der Waals surface area contributed by atoms with Crippen molar-refractivity contribution >= 4 is 60.2 Å². The molecule has 0 aliphatic carbocycles. The Morgan fingerprint density at radius 3 is 2.19 bits per heavy atom. The standard InChI is InChI=1S/C9H10Br3NO2.ClH/c1-3(14)8(13)6-4(10)2-5(11)9(15)7(6)12;/h2-3,8,14-15H,13H2,1H3;1H/t3-,8-;/m0./s1. The van der Waals surface area contributed by atoms with Crippen LogP contribution in [0.25, 0.3) is 0 Å². The quantitative estimate of drug-likeness (QED) is 0.660. The molecule has 1 rings (SSSR count). The van der Waals surface area contributed by atoms with E-state index in [0.29, 0.717) is 14.5 Å². The van der Waals surface area contributed by atoms with E-state index in [1.165, 1.54) is 0 Å². The van der Waals surface area contributed by atoms with Crippen molar-refractivity contribution in [3.63, 3.8) is 0 Å². The zero-order chi connectivity index (χ0) is 11.7. The van der Waals surface area contributed by atoms with Crippen LogP contribution in [0.3, 0.4) is 0 Å². The second-order valence-electron chi connectivity index (χ2n) is 3.18. The predicted octanol–water partition coefficient (Wildman–Crippen LogP) is 3.48. The SMILES string of the molecule is C[C@H](O)[C@H](N)c1c(Br)cc(Br)c(O)c1Br.Cl. The Labute approximate surface area is 125 Å². The molecule has 2 atom stereocenters. The summed E-state index contributed by atoms with van der Waals surface area (Å²) in [6, 6.07) is 1.13. The summed E-state index contributed by atoms with van der Waals surface area (Å²) >= 11 is 9.79. The van der Waals surface area contributed by atoms with Gasteiger partial charge in [0, 0.05) is 10.0 Å². The third kappa shape index (κ3) is 3.34. The van der Waals surface area contributed by atoms with Crippen LogP contribution in [-0.4, -0.2) is 16.3 Å². The summed E-state index contributed by atoms with van der Waals surface area (Å²) in [5.41, 5.74) is 6.47. The van der Waals surface area contributed by atoms with Gasteiger partial charge in [-0.1, -0.05) is 15.9 Å². The lowest BCUT2D eigenvalue weighted by Crippen LogP contribution is -2.24. The van der Waals surface area contributed by atoms with Crippen molar-refractivity contribution in [3.05, 3.63) is 25.0 Å². The van der Waals surface area contributed by atoms with Gasteiger partial charge in [0.25, 0.3) is 0 Å². The van der Waals surface area contributed by atoms with Crippen LogP contribution in [0.5, 0.6) is 5.75 Å². The van der Waals surface area contributed by atoms with Gasteiger partial charge < -0.3 is 15.9 Å². The highest BCUT2D eigenvalue weighted by Crippen LogP contribution is 2.42. The van der Waals surface area contributed by atoms with Crippen molar-refractivity contribution in [3.8, 4) is 5.75 Å². The zero-order valence-electron chi connectivity index (χ0n) is 8.25. The Hall–Kier alpha value is 0.670. The third-order valence-electron chi connectivity index (χ3n) is 2.03. The van der Waals surface area contributed by atoms with Gasteiger partial charge in [-0.25, -0.2) is 0 Å². The van der Waals surface area contributed by atoms with Gasteiger partial charge in [-0.15, -0.1) is 12.4 Å². The first-order chi connectivity index (χ1) is 6.86. The summed E-state index contributed by atoms with van der Waals surface area (Å²) in [4.78, 5) is 0. The van der Waals surface area contributed by atoms with E-state index in [0.717, 1.165) is 4.47 Å². The largest absolute Gasteiger partial charge is 0.506 e. The van der Waals surface area contributed by atoms with Crippen LogP contribution in [0.2, 0.25) is 0 Å². The normalized spacial score (nSPS) is 14.1. The molecule has 16 heavy (non-hydrogen) atoms.